The van der Waals surface area contributed by atoms with E-state index >= 15 is 0 Å². The van der Waals surface area contributed by atoms with Gasteiger partial charge in [0.05, 0.1) is 6.20 Å². The van der Waals surface area contributed by atoms with E-state index in [2.05, 4.69) is 84.7 Å². The molecule has 0 amide bonds. The SMILES string of the molecule is CC(C)c1cnn2c(NCc3ccccc3-c3ccccc3)nc(OC3CCN(C)CC3)nc12. The van der Waals surface area contributed by atoms with Crippen molar-refractivity contribution in [1.82, 2.24) is 24.5 Å². The van der Waals surface area contributed by atoms with E-state index in [1.54, 1.807) is 4.52 Å². The van der Waals surface area contributed by atoms with Gasteiger partial charge in [0.1, 0.15) is 6.10 Å². The lowest BCUT2D eigenvalue weighted by Gasteiger charge is -2.28. The van der Waals surface area contributed by atoms with Gasteiger partial charge in [0.2, 0.25) is 5.95 Å². The molecule has 0 aliphatic carbocycles. The molecule has 176 valence electrons. The summed E-state index contributed by atoms with van der Waals surface area (Å²) in [5.74, 6) is 0.943. The van der Waals surface area contributed by atoms with E-state index in [1.807, 2.05) is 12.3 Å². The van der Waals surface area contributed by atoms with Gasteiger partial charge in [-0.15, -0.1) is 0 Å². The molecule has 0 atom stereocenters. The van der Waals surface area contributed by atoms with Crippen molar-refractivity contribution >= 4 is 11.6 Å². The van der Waals surface area contributed by atoms with Crippen LogP contribution in [0.25, 0.3) is 16.8 Å². The lowest BCUT2D eigenvalue weighted by Crippen LogP contribution is -2.36. The lowest BCUT2D eigenvalue weighted by atomic mass is 10.00. The first-order valence-electron chi connectivity index (χ1n) is 12.1. The van der Waals surface area contributed by atoms with Crippen molar-refractivity contribution in [2.45, 2.75) is 45.3 Å². The molecule has 7 nitrogen and oxygen atoms in total. The van der Waals surface area contributed by atoms with Crippen LogP contribution in [0, 0.1) is 0 Å². The summed E-state index contributed by atoms with van der Waals surface area (Å²) in [5.41, 5.74) is 5.47. The molecule has 2 aromatic heterocycles. The monoisotopic (exact) mass is 456 g/mol. The third kappa shape index (κ3) is 4.75. The fourth-order valence-corrected chi connectivity index (χ4v) is 4.45. The number of nitrogens with one attached hydrogen (secondary N) is 1. The van der Waals surface area contributed by atoms with E-state index < -0.39 is 0 Å². The number of hydrogen-bond donors (Lipinski definition) is 1. The first kappa shape index (κ1) is 22.3. The maximum Gasteiger partial charge on any atom is 0.322 e. The summed E-state index contributed by atoms with van der Waals surface area (Å²) in [6, 6.07) is 19.3. The van der Waals surface area contributed by atoms with E-state index in [9.17, 15) is 0 Å². The van der Waals surface area contributed by atoms with Crippen molar-refractivity contribution in [2.24, 2.45) is 0 Å². The topological polar surface area (TPSA) is 67.6 Å². The molecular formula is C27H32N6O. The number of benzene rings is 2. The summed E-state index contributed by atoms with van der Waals surface area (Å²) in [6.45, 7) is 6.97. The molecule has 2 aromatic carbocycles. The molecule has 1 fully saturated rings. The summed E-state index contributed by atoms with van der Waals surface area (Å²) >= 11 is 0. The second kappa shape index (κ2) is 9.81. The maximum absolute atomic E-state index is 6.27. The predicted octanol–water partition coefficient (Wildman–Crippen LogP) is 5.00. The van der Waals surface area contributed by atoms with E-state index in [-0.39, 0.29) is 6.10 Å². The quantitative estimate of drug-likeness (QED) is 0.422. The molecule has 4 aromatic rings. The van der Waals surface area contributed by atoms with Crippen LogP contribution in [-0.4, -0.2) is 50.7 Å². The Hall–Kier alpha value is -3.45. The highest BCUT2D eigenvalue weighted by Crippen LogP contribution is 2.26. The molecule has 1 aliphatic heterocycles. The smallest absolute Gasteiger partial charge is 0.322 e. The van der Waals surface area contributed by atoms with Crippen molar-refractivity contribution in [2.75, 3.05) is 25.5 Å². The Kier molecular flexibility index (Phi) is 6.45. The van der Waals surface area contributed by atoms with E-state index in [0.29, 0.717) is 24.4 Å². The average molecular weight is 457 g/mol. The second-order valence-electron chi connectivity index (χ2n) is 9.32. The lowest BCUT2D eigenvalue weighted by molar-refractivity contribution is 0.105. The van der Waals surface area contributed by atoms with Crippen molar-refractivity contribution in [3.8, 4) is 17.1 Å². The van der Waals surface area contributed by atoms with E-state index in [1.165, 1.54) is 16.7 Å². The first-order chi connectivity index (χ1) is 16.6. The van der Waals surface area contributed by atoms with Gasteiger partial charge >= 0.3 is 6.01 Å². The molecule has 5 rings (SSSR count). The third-order valence-corrected chi connectivity index (χ3v) is 6.47. The Morgan fingerprint density at radius 1 is 1.00 bits per heavy atom. The van der Waals surface area contributed by atoms with Crippen LogP contribution in [0.3, 0.4) is 0 Å². The van der Waals surface area contributed by atoms with E-state index in [4.69, 9.17) is 14.7 Å². The minimum absolute atomic E-state index is 0.135. The summed E-state index contributed by atoms with van der Waals surface area (Å²) in [7, 11) is 2.15. The molecule has 3 heterocycles. The highest BCUT2D eigenvalue weighted by molar-refractivity contribution is 5.67. The van der Waals surface area contributed by atoms with Crippen LogP contribution in [0.1, 0.15) is 43.7 Å². The minimum atomic E-state index is 0.135. The Morgan fingerprint density at radius 3 is 2.50 bits per heavy atom. The fourth-order valence-electron chi connectivity index (χ4n) is 4.45. The third-order valence-electron chi connectivity index (χ3n) is 6.47. The molecule has 34 heavy (non-hydrogen) atoms. The second-order valence-corrected chi connectivity index (χ2v) is 9.32. The summed E-state index contributed by atoms with van der Waals surface area (Å²) in [5, 5.41) is 8.11. The summed E-state index contributed by atoms with van der Waals surface area (Å²) in [4.78, 5) is 11.8. The highest BCUT2D eigenvalue weighted by Gasteiger charge is 2.21. The molecule has 1 saturated heterocycles. The Bertz CT molecular complexity index is 1240. The summed E-state index contributed by atoms with van der Waals surface area (Å²) in [6.07, 6.45) is 3.98. The van der Waals surface area contributed by atoms with Gasteiger partial charge < -0.3 is 15.0 Å². The van der Waals surface area contributed by atoms with Gasteiger partial charge in [0.15, 0.2) is 5.65 Å². The summed E-state index contributed by atoms with van der Waals surface area (Å²) < 4.78 is 8.07. The Morgan fingerprint density at radius 2 is 1.74 bits per heavy atom. The largest absolute Gasteiger partial charge is 0.460 e. The number of nitrogens with zero attached hydrogens (tertiary/aromatic N) is 5. The zero-order valence-corrected chi connectivity index (χ0v) is 20.1. The van der Waals surface area contributed by atoms with Crippen molar-refractivity contribution in [1.29, 1.82) is 0 Å². The number of likely N-dealkylation sites (tertiary alicyclic amines) is 1. The van der Waals surface area contributed by atoms with Crippen LogP contribution < -0.4 is 10.1 Å². The molecule has 0 bridgehead atoms. The normalized spacial score (nSPS) is 15.2. The van der Waals surface area contributed by atoms with Gasteiger partial charge in [-0.1, -0.05) is 68.4 Å². The maximum atomic E-state index is 6.27. The molecular weight excluding hydrogens is 424 g/mol. The molecule has 1 aliphatic rings. The zero-order chi connectivity index (χ0) is 23.5. The van der Waals surface area contributed by atoms with Crippen LogP contribution in [0.5, 0.6) is 6.01 Å². The molecule has 7 heteroatoms. The van der Waals surface area contributed by atoms with Crippen LogP contribution in [0.4, 0.5) is 5.95 Å². The van der Waals surface area contributed by atoms with Crippen LogP contribution in [0.15, 0.2) is 60.8 Å². The molecule has 0 spiro atoms. The molecule has 0 radical (unpaired) electrons. The van der Waals surface area contributed by atoms with Gasteiger partial charge in [-0.3, -0.25) is 0 Å². The fraction of sp³-hybridized carbons (Fsp3) is 0.370. The number of ether oxygens (including phenoxy) is 1. The molecule has 0 saturated carbocycles. The Balaban J connectivity index is 1.45. The van der Waals surface area contributed by atoms with Crippen LogP contribution in [-0.2, 0) is 6.54 Å². The van der Waals surface area contributed by atoms with Gasteiger partial charge in [-0.2, -0.15) is 19.6 Å². The standard InChI is InChI=1S/C27H32N6O/c1-19(2)24-18-29-33-25(24)30-27(34-22-13-15-32(3)16-14-22)31-26(33)28-17-21-11-7-8-12-23(21)20-9-5-4-6-10-20/h4-12,18-19,22H,13-17H2,1-3H3,(H,28,30,31). The highest BCUT2D eigenvalue weighted by atomic mass is 16.5. The number of anilines is 1. The van der Waals surface area contributed by atoms with Crippen molar-refractivity contribution in [3.63, 3.8) is 0 Å². The average Bonchev–Trinajstić information content (AvgIpc) is 3.29. The first-order valence-corrected chi connectivity index (χ1v) is 12.1. The molecule has 0 unspecified atom stereocenters. The number of fused-ring (bicyclic) bond motifs is 1. The number of piperidine rings is 1. The van der Waals surface area contributed by atoms with Gasteiger partial charge in [0.25, 0.3) is 0 Å². The predicted molar refractivity (Wildman–Crippen MR) is 135 cm³/mol. The van der Waals surface area contributed by atoms with Crippen molar-refractivity contribution < 1.29 is 4.74 Å². The van der Waals surface area contributed by atoms with E-state index in [0.717, 1.165) is 37.1 Å². The Labute approximate surface area is 200 Å². The van der Waals surface area contributed by atoms with Gasteiger partial charge in [0, 0.05) is 25.2 Å². The number of rotatable bonds is 7. The van der Waals surface area contributed by atoms with Crippen LogP contribution >= 0.6 is 0 Å². The molecule has 1 N–H and O–H groups in total. The number of hydrogen-bond acceptors (Lipinski definition) is 6. The van der Waals surface area contributed by atoms with Gasteiger partial charge in [-0.05, 0) is 42.5 Å². The number of aromatic nitrogens is 4. The minimum Gasteiger partial charge on any atom is -0.460 e. The zero-order valence-electron chi connectivity index (χ0n) is 20.1. The van der Waals surface area contributed by atoms with Crippen LogP contribution in [0.2, 0.25) is 0 Å². The van der Waals surface area contributed by atoms with Crippen molar-refractivity contribution in [3.05, 3.63) is 71.9 Å². The van der Waals surface area contributed by atoms with Gasteiger partial charge in [-0.25, -0.2) is 0 Å².